The SMILES string of the molecule is CC(CN1CCCC1)NC1CCN2CCCC12. The van der Waals surface area contributed by atoms with Gasteiger partial charge in [0.2, 0.25) is 0 Å². The smallest absolute Gasteiger partial charge is 0.0250 e. The van der Waals surface area contributed by atoms with Crippen molar-refractivity contribution in [2.45, 2.75) is 57.2 Å². The Morgan fingerprint density at radius 1 is 1.06 bits per heavy atom. The molecule has 3 aliphatic rings. The fourth-order valence-corrected chi connectivity index (χ4v) is 4.05. The maximum Gasteiger partial charge on any atom is 0.0250 e. The summed E-state index contributed by atoms with van der Waals surface area (Å²) in [5, 5.41) is 3.89. The van der Waals surface area contributed by atoms with Crippen molar-refractivity contribution in [3.8, 4) is 0 Å². The Kier molecular flexibility index (Phi) is 3.69. The summed E-state index contributed by atoms with van der Waals surface area (Å²) in [6.45, 7) is 8.96. The van der Waals surface area contributed by atoms with Gasteiger partial charge < -0.3 is 10.2 Å². The third-order valence-corrected chi connectivity index (χ3v) is 4.84. The second kappa shape index (κ2) is 5.25. The van der Waals surface area contributed by atoms with Crippen molar-refractivity contribution < 1.29 is 0 Å². The van der Waals surface area contributed by atoms with Crippen LogP contribution in [0.2, 0.25) is 0 Å². The monoisotopic (exact) mass is 237 g/mol. The van der Waals surface area contributed by atoms with Gasteiger partial charge in [-0.1, -0.05) is 0 Å². The molecule has 0 aromatic heterocycles. The van der Waals surface area contributed by atoms with E-state index in [1.807, 2.05) is 0 Å². The van der Waals surface area contributed by atoms with Crippen molar-refractivity contribution in [2.75, 3.05) is 32.7 Å². The molecule has 1 N–H and O–H groups in total. The zero-order valence-corrected chi connectivity index (χ0v) is 11.2. The quantitative estimate of drug-likeness (QED) is 0.795. The molecule has 3 nitrogen and oxygen atoms in total. The minimum Gasteiger partial charge on any atom is -0.309 e. The summed E-state index contributed by atoms with van der Waals surface area (Å²) in [5.74, 6) is 0. The second-order valence-corrected chi connectivity index (χ2v) is 6.22. The van der Waals surface area contributed by atoms with Gasteiger partial charge in [-0.15, -0.1) is 0 Å². The predicted molar refractivity (Wildman–Crippen MR) is 71.3 cm³/mol. The lowest BCUT2D eigenvalue weighted by Crippen LogP contribution is -2.47. The Bertz CT molecular complexity index is 250. The Balaban J connectivity index is 1.46. The lowest BCUT2D eigenvalue weighted by atomic mass is 10.1. The molecule has 0 bridgehead atoms. The molecule has 98 valence electrons. The molecular weight excluding hydrogens is 210 g/mol. The van der Waals surface area contributed by atoms with Crippen LogP contribution in [-0.4, -0.2) is 60.6 Å². The van der Waals surface area contributed by atoms with Gasteiger partial charge in [0.1, 0.15) is 0 Å². The first kappa shape index (κ1) is 11.9. The van der Waals surface area contributed by atoms with E-state index >= 15 is 0 Å². The van der Waals surface area contributed by atoms with Crippen LogP contribution in [0.3, 0.4) is 0 Å². The van der Waals surface area contributed by atoms with Crippen LogP contribution in [0, 0.1) is 0 Å². The Hall–Kier alpha value is -0.120. The van der Waals surface area contributed by atoms with Crippen LogP contribution in [0.4, 0.5) is 0 Å². The van der Waals surface area contributed by atoms with Crippen molar-refractivity contribution >= 4 is 0 Å². The van der Waals surface area contributed by atoms with E-state index in [1.54, 1.807) is 0 Å². The molecule has 0 amide bonds. The number of rotatable bonds is 4. The van der Waals surface area contributed by atoms with Crippen LogP contribution in [0.5, 0.6) is 0 Å². The maximum atomic E-state index is 3.89. The van der Waals surface area contributed by atoms with Crippen molar-refractivity contribution in [1.29, 1.82) is 0 Å². The molecule has 0 aromatic carbocycles. The van der Waals surface area contributed by atoms with Crippen LogP contribution in [0.25, 0.3) is 0 Å². The highest BCUT2D eigenvalue weighted by Crippen LogP contribution is 2.28. The standard InChI is InChI=1S/C14H27N3/c1-12(11-16-7-2-3-8-16)15-13-6-10-17-9-4-5-14(13)17/h12-15H,2-11H2,1H3. The highest BCUT2D eigenvalue weighted by Gasteiger charge is 2.37. The summed E-state index contributed by atoms with van der Waals surface area (Å²) in [6, 6.07) is 2.30. The van der Waals surface area contributed by atoms with Gasteiger partial charge in [0.25, 0.3) is 0 Å². The molecule has 3 aliphatic heterocycles. The van der Waals surface area contributed by atoms with Gasteiger partial charge in [0, 0.05) is 31.2 Å². The van der Waals surface area contributed by atoms with Crippen molar-refractivity contribution in [3.63, 3.8) is 0 Å². The van der Waals surface area contributed by atoms with Gasteiger partial charge >= 0.3 is 0 Å². The van der Waals surface area contributed by atoms with E-state index in [4.69, 9.17) is 0 Å². The molecule has 3 unspecified atom stereocenters. The molecule has 3 fully saturated rings. The lowest BCUT2D eigenvalue weighted by molar-refractivity contribution is 0.258. The molecule has 0 radical (unpaired) electrons. The van der Waals surface area contributed by atoms with Gasteiger partial charge in [-0.3, -0.25) is 4.90 Å². The molecule has 0 aliphatic carbocycles. The molecule has 3 rings (SSSR count). The van der Waals surface area contributed by atoms with Gasteiger partial charge in [-0.25, -0.2) is 0 Å². The highest BCUT2D eigenvalue weighted by molar-refractivity contribution is 4.96. The topological polar surface area (TPSA) is 18.5 Å². The number of nitrogens with one attached hydrogen (secondary N) is 1. The Morgan fingerprint density at radius 2 is 1.88 bits per heavy atom. The molecule has 3 heterocycles. The van der Waals surface area contributed by atoms with Gasteiger partial charge in [-0.2, -0.15) is 0 Å². The van der Waals surface area contributed by atoms with E-state index < -0.39 is 0 Å². The second-order valence-electron chi connectivity index (χ2n) is 6.22. The van der Waals surface area contributed by atoms with Crippen LogP contribution >= 0.6 is 0 Å². The number of likely N-dealkylation sites (tertiary alicyclic amines) is 1. The highest BCUT2D eigenvalue weighted by atomic mass is 15.2. The minimum absolute atomic E-state index is 0.665. The van der Waals surface area contributed by atoms with Crippen LogP contribution in [0.1, 0.15) is 39.0 Å². The molecule has 3 atom stereocenters. The van der Waals surface area contributed by atoms with E-state index in [1.165, 1.54) is 64.8 Å². The van der Waals surface area contributed by atoms with Gasteiger partial charge in [0.05, 0.1) is 0 Å². The van der Waals surface area contributed by atoms with Crippen molar-refractivity contribution in [3.05, 3.63) is 0 Å². The summed E-state index contributed by atoms with van der Waals surface area (Å²) >= 11 is 0. The molecule has 0 saturated carbocycles. The number of fused-ring (bicyclic) bond motifs is 1. The van der Waals surface area contributed by atoms with Crippen molar-refractivity contribution in [1.82, 2.24) is 15.1 Å². The first-order chi connectivity index (χ1) is 8.33. The van der Waals surface area contributed by atoms with Crippen LogP contribution in [0.15, 0.2) is 0 Å². The average Bonchev–Trinajstić information content (AvgIpc) is 2.97. The minimum atomic E-state index is 0.665. The zero-order valence-electron chi connectivity index (χ0n) is 11.2. The lowest BCUT2D eigenvalue weighted by Gasteiger charge is -2.27. The largest absolute Gasteiger partial charge is 0.309 e. The van der Waals surface area contributed by atoms with E-state index in [2.05, 4.69) is 22.0 Å². The molecule has 3 heteroatoms. The fraction of sp³-hybridized carbons (Fsp3) is 1.00. The van der Waals surface area contributed by atoms with E-state index in [9.17, 15) is 0 Å². The zero-order chi connectivity index (χ0) is 11.7. The molecular formula is C14H27N3. The Labute approximate surface area is 106 Å². The maximum absolute atomic E-state index is 3.89. The van der Waals surface area contributed by atoms with Crippen molar-refractivity contribution in [2.24, 2.45) is 0 Å². The molecule has 3 saturated heterocycles. The molecule has 17 heavy (non-hydrogen) atoms. The summed E-state index contributed by atoms with van der Waals surface area (Å²) in [7, 11) is 0. The third kappa shape index (κ3) is 2.67. The van der Waals surface area contributed by atoms with Crippen LogP contribution in [-0.2, 0) is 0 Å². The van der Waals surface area contributed by atoms with E-state index in [0.29, 0.717) is 6.04 Å². The van der Waals surface area contributed by atoms with E-state index in [0.717, 1.165) is 12.1 Å². The van der Waals surface area contributed by atoms with Gasteiger partial charge in [-0.05, 0) is 58.7 Å². The van der Waals surface area contributed by atoms with E-state index in [-0.39, 0.29) is 0 Å². The number of hydrogen-bond donors (Lipinski definition) is 1. The third-order valence-electron chi connectivity index (χ3n) is 4.84. The number of hydrogen-bond acceptors (Lipinski definition) is 3. The number of nitrogens with zero attached hydrogens (tertiary/aromatic N) is 2. The summed E-state index contributed by atoms with van der Waals surface area (Å²) in [4.78, 5) is 5.32. The predicted octanol–water partition coefficient (Wildman–Crippen LogP) is 1.30. The fourth-order valence-electron chi connectivity index (χ4n) is 4.05. The molecule has 0 spiro atoms. The summed E-state index contributed by atoms with van der Waals surface area (Å²) in [6.07, 6.45) is 7.03. The average molecular weight is 237 g/mol. The first-order valence-electron chi connectivity index (χ1n) is 7.55. The van der Waals surface area contributed by atoms with Gasteiger partial charge in [0.15, 0.2) is 0 Å². The normalized spacial score (nSPS) is 36.5. The van der Waals surface area contributed by atoms with Crippen LogP contribution < -0.4 is 5.32 Å². The first-order valence-corrected chi connectivity index (χ1v) is 7.55. The Morgan fingerprint density at radius 3 is 2.71 bits per heavy atom. The molecule has 0 aromatic rings. The summed E-state index contributed by atoms with van der Waals surface area (Å²) < 4.78 is 0. The summed E-state index contributed by atoms with van der Waals surface area (Å²) in [5.41, 5.74) is 0.